The number of alkyl halides is 2. The Morgan fingerprint density at radius 1 is 1.22 bits per heavy atom. The van der Waals surface area contributed by atoms with Gasteiger partial charge in [-0.15, -0.1) is 0 Å². The third kappa shape index (κ3) is 5.19. The highest BCUT2D eigenvalue weighted by Gasteiger charge is 2.39. The molecule has 7 heteroatoms. The Balaban J connectivity index is 1.97. The molecule has 0 bridgehead atoms. The second kappa shape index (κ2) is 7.39. The zero-order chi connectivity index (χ0) is 16.9. The Morgan fingerprint density at radius 3 is 2.39 bits per heavy atom. The molecular formula is C16H19F2NO4. The van der Waals surface area contributed by atoms with Crippen LogP contribution < -0.4 is 0 Å². The molecule has 0 heterocycles. The molecule has 5 nitrogen and oxygen atoms in total. The Labute approximate surface area is 132 Å². The number of aliphatic carboxylic acids is 1. The van der Waals surface area contributed by atoms with Gasteiger partial charge in [0, 0.05) is 18.9 Å². The summed E-state index contributed by atoms with van der Waals surface area (Å²) in [4.78, 5) is 24.2. The van der Waals surface area contributed by atoms with Crippen LogP contribution in [0.4, 0.5) is 13.6 Å². The summed E-state index contributed by atoms with van der Waals surface area (Å²) in [5.41, 5.74) is 0.770. The molecule has 0 aromatic heterocycles. The number of carbonyl (C=O) groups excluding carboxylic acids is 1. The molecule has 0 saturated heterocycles. The highest BCUT2D eigenvalue weighted by Crippen LogP contribution is 2.35. The van der Waals surface area contributed by atoms with Gasteiger partial charge in [-0.1, -0.05) is 30.3 Å². The van der Waals surface area contributed by atoms with E-state index in [0.29, 0.717) is 0 Å². The molecule has 1 saturated carbocycles. The molecule has 1 N–H and O–H groups in total. The summed E-state index contributed by atoms with van der Waals surface area (Å²) in [6.07, 6.45) is -1.34. The van der Waals surface area contributed by atoms with Crippen molar-refractivity contribution in [2.75, 3.05) is 6.54 Å². The Morgan fingerprint density at radius 2 is 1.83 bits per heavy atom. The molecule has 1 aromatic rings. The SMILES string of the molecule is O=C(O)CN(C(=O)OCc1ccccc1)C1CCC(F)(F)CC1. The van der Waals surface area contributed by atoms with Crippen molar-refractivity contribution < 1.29 is 28.2 Å². The van der Waals surface area contributed by atoms with E-state index in [-0.39, 0.29) is 32.3 Å². The van der Waals surface area contributed by atoms with Crippen molar-refractivity contribution >= 4 is 12.1 Å². The van der Waals surface area contributed by atoms with Gasteiger partial charge in [0.25, 0.3) is 0 Å². The first-order valence-electron chi connectivity index (χ1n) is 7.44. The second-order valence-electron chi connectivity index (χ2n) is 5.65. The van der Waals surface area contributed by atoms with Gasteiger partial charge in [-0.25, -0.2) is 13.6 Å². The van der Waals surface area contributed by atoms with E-state index in [1.165, 1.54) is 0 Å². The van der Waals surface area contributed by atoms with Crippen LogP contribution in [-0.2, 0) is 16.1 Å². The van der Waals surface area contributed by atoms with E-state index in [1.54, 1.807) is 24.3 Å². The van der Waals surface area contributed by atoms with Gasteiger partial charge in [0.05, 0.1) is 0 Å². The zero-order valence-electron chi connectivity index (χ0n) is 12.6. The molecular weight excluding hydrogens is 308 g/mol. The van der Waals surface area contributed by atoms with Crippen molar-refractivity contribution in [1.82, 2.24) is 4.90 Å². The molecule has 1 amide bonds. The quantitative estimate of drug-likeness (QED) is 0.901. The fraction of sp³-hybridized carbons (Fsp3) is 0.500. The van der Waals surface area contributed by atoms with E-state index in [1.807, 2.05) is 6.07 Å². The Hall–Kier alpha value is -2.18. The second-order valence-corrected chi connectivity index (χ2v) is 5.65. The molecule has 1 fully saturated rings. The molecule has 0 atom stereocenters. The van der Waals surface area contributed by atoms with Crippen molar-refractivity contribution in [2.45, 2.75) is 44.3 Å². The molecule has 1 aliphatic carbocycles. The van der Waals surface area contributed by atoms with Crippen molar-refractivity contribution in [3.05, 3.63) is 35.9 Å². The molecule has 2 rings (SSSR count). The maximum absolute atomic E-state index is 13.2. The van der Waals surface area contributed by atoms with Crippen molar-refractivity contribution in [1.29, 1.82) is 0 Å². The minimum Gasteiger partial charge on any atom is -0.480 e. The van der Waals surface area contributed by atoms with Gasteiger partial charge in [0.2, 0.25) is 5.92 Å². The average Bonchev–Trinajstić information content (AvgIpc) is 2.51. The zero-order valence-corrected chi connectivity index (χ0v) is 12.6. The van der Waals surface area contributed by atoms with Gasteiger partial charge < -0.3 is 9.84 Å². The number of carbonyl (C=O) groups is 2. The number of amides is 1. The van der Waals surface area contributed by atoms with Crippen LogP contribution in [-0.4, -0.2) is 40.6 Å². The van der Waals surface area contributed by atoms with E-state index >= 15 is 0 Å². The van der Waals surface area contributed by atoms with Crippen molar-refractivity contribution in [3.63, 3.8) is 0 Å². The monoisotopic (exact) mass is 327 g/mol. The lowest BCUT2D eigenvalue weighted by molar-refractivity contribution is -0.139. The summed E-state index contributed by atoms with van der Waals surface area (Å²) in [6, 6.07) is 8.42. The van der Waals surface area contributed by atoms with Crippen LogP contribution in [0.1, 0.15) is 31.2 Å². The lowest BCUT2D eigenvalue weighted by Gasteiger charge is -2.35. The van der Waals surface area contributed by atoms with Gasteiger partial charge in [0.1, 0.15) is 13.2 Å². The Kier molecular flexibility index (Phi) is 5.52. The molecule has 0 radical (unpaired) electrons. The standard InChI is InChI=1S/C16H19F2NO4/c17-16(18)8-6-13(7-9-16)19(10-14(20)21)15(22)23-11-12-4-2-1-3-5-12/h1-5,13H,6-11H2,(H,20,21). The van der Waals surface area contributed by atoms with Crippen LogP contribution in [0.3, 0.4) is 0 Å². The van der Waals surface area contributed by atoms with E-state index in [4.69, 9.17) is 9.84 Å². The number of ether oxygens (including phenoxy) is 1. The summed E-state index contributed by atoms with van der Waals surface area (Å²) in [6.45, 7) is -0.539. The predicted molar refractivity (Wildman–Crippen MR) is 78.2 cm³/mol. The smallest absolute Gasteiger partial charge is 0.410 e. The summed E-state index contributed by atoms with van der Waals surface area (Å²) < 4.78 is 31.6. The Bertz CT molecular complexity index is 540. The maximum Gasteiger partial charge on any atom is 0.410 e. The average molecular weight is 327 g/mol. The number of carboxylic acids is 1. The van der Waals surface area contributed by atoms with Crippen LogP contribution in [0.25, 0.3) is 0 Å². The molecule has 23 heavy (non-hydrogen) atoms. The maximum atomic E-state index is 13.2. The minimum absolute atomic E-state index is 0.0126. The first-order chi connectivity index (χ1) is 10.9. The number of rotatable bonds is 5. The van der Waals surface area contributed by atoms with E-state index in [9.17, 15) is 18.4 Å². The van der Waals surface area contributed by atoms with Crippen LogP contribution in [0.2, 0.25) is 0 Å². The van der Waals surface area contributed by atoms with Gasteiger partial charge >= 0.3 is 12.1 Å². The number of nitrogens with zero attached hydrogens (tertiary/aromatic N) is 1. The number of benzene rings is 1. The first kappa shape index (κ1) is 17.2. The molecule has 1 aliphatic rings. The molecule has 0 aliphatic heterocycles. The largest absolute Gasteiger partial charge is 0.480 e. The fourth-order valence-electron chi connectivity index (χ4n) is 2.63. The van der Waals surface area contributed by atoms with Crippen LogP contribution in [0.15, 0.2) is 30.3 Å². The summed E-state index contributed by atoms with van der Waals surface area (Å²) >= 11 is 0. The van der Waals surface area contributed by atoms with Gasteiger partial charge in [-0.2, -0.15) is 0 Å². The van der Waals surface area contributed by atoms with Crippen molar-refractivity contribution in [3.8, 4) is 0 Å². The van der Waals surface area contributed by atoms with Crippen LogP contribution >= 0.6 is 0 Å². The lowest BCUT2D eigenvalue weighted by Crippen LogP contribution is -2.46. The summed E-state index contributed by atoms with van der Waals surface area (Å²) in [5.74, 6) is -3.93. The molecule has 126 valence electrons. The first-order valence-corrected chi connectivity index (χ1v) is 7.44. The third-order valence-electron chi connectivity index (χ3n) is 3.87. The number of halogens is 2. The summed E-state index contributed by atoms with van der Waals surface area (Å²) in [7, 11) is 0. The number of hydrogen-bond acceptors (Lipinski definition) is 3. The molecule has 0 spiro atoms. The topological polar surface area (TPSA) is 66.8 Å². The molecule has 0 unspecified atom stereocenters. The highest BCUT2D eigenvalue weighted by atomic mass is 19.3. The number of carboxylic acid groups (broad SMARTS) is 1. The van der Waals surface area contributed by atoms with Gasteiger partial charge in [0.15, 0.2) is 0 Å². The highest BCUT2D eigenvalue weighted by molar-refractivity contribution is 5.77. The van der Waals surface area contributed by atoms with Gasteiger partial charge in [-0.05, 0) is 18.4 Å². The normalized spacial score (nSPS) is 17.5. The predicted octanol–water partition coefficient (Wildman–Crippen LogP) is 3.29. The van der Waals surface area contributed by atoms with E-state index in [0.717, 1.165) is 10.5 Å². The number of hydrogen-bond donors (Lipinski definition) is 1. The third-order valence-corrected chi connectivity index (χ3v) is 3.87. The molecule has 1 aromatic carbocycles. The van der Waals surface area contributed by atoms with Gasteiger partial charge in [-0.3, -0.25) is 9.69 Å². The minimum atomic E-state index is -2.74. The van der Waals surface area contributed by atoms with E-state index in [2.05, 4.69) is 0 Å². The van der Waals surface area contributed by atoms with Crippen molar-refractivity contribution in [2.24, 2.45) is 0 Å². The van der Waals surface area contributed by atoms with E-state index < -0.39 is 30.6 Å². The lowest BCUT2D eigenvalue weighted by atomic mass is 9.91. The van der Waals surface area contributed by atoms with Crippen LogP contribution in [0, 0.1) is 0 Å². The fourth-order valence-corrected chi connectivity index (χ4v) is 2.63. The summed E-state index contributed by atoms with van der Waals surface area (Å²) in [5, 5.41) is 8.95. The van der Waals surface area contributed by atoms with Crippen LogP contribution in [0.5, 0.6) is 0 Å².